The SMILES string of the molecule is COC(=O)CC1CCCN1CCC(C)=O. The Morgan fingerprint density at radius 1 is 1.47 bits per heavy atom. The molecule has 0 saturated carbocycles. The number of nitrogens with zero attached hydrogens (tertiary/aromatic N) is 1. The van der Waals surface area contributed by atoms with Crippen LogP contribution < -0.4 is 0 Å². The zero-order chi connectivity index (χ0) is 11.3. The van der Waals surface area contributed by atoms with Crippen molar-refractivity contribution in [2.24, 2.45) is 0 Å². The maximum atomic E-state index is 11.1. The molecule has 1 aliphatic rings. The zero-order valence-electron chi connectivity index (χ0n) is 9.49. The quantitative estimate of drug-likeness (QED) is 0.639. The van der Waals surface area contributed by atoms with Crippen molar-refractivity contribution in [2.75, 3.05) is 20.2 Å². The van der Waals surface area contributed by atoms with Crippen LogP contribution in [0.2, 0.25) is 0 Å². The Morgan fingerprint density at radius 3 is 2.80 bits per heavy atom. The second kappa shape index (κ2) is 5.85. The van der Waals surface area contributed by atoms with Crippen molar-refractivity contribution >= 4 is 11.8 Å². The highest BCUT2D eigenvalue weighted by molar-refractivity contribution is 5.75. The highest BCUT2D eigenvalue weighted by Crippen LogP contribution is 2.20. The molecule has 4 heteroatoms. The molecule has 1 atom stereocenters. The summed E-state index contributed by atoms with van der Waals surface area (Å²) in [5.74, 6) is 0.0495. The molecule has 15 heavy (non-hydrogen) atoms. The third-order valence-corrected chi connectivity index (χ3v) is 2.88. The van der Waals surface area contributed by atoms with Gasteiger partial charge in [0.15, 0.2) is 0 Å². The highest BCUT2D eigenvalue weighted by atomic mass is 16.5. The number of Topliss-reactive ketones (excluding diaryl/α,β-unsaturated/α-hetero) is 1. The Labute approximate surface area is 90.6 Å². The van der Waals surface area contributed by atoms with E-state index in [1.54, 1.807) is 6.92 Å². The number of likely N-dealkylation sites (tertiary alicyclic amines) is 1. The van der Waals surface area contributed by atoms with Crippen LogP contribution in [0.1, 0.15) is 32.6 Å². The normalized spacial score (nSPS) is 21.6. The first-order chi connectivity index (χ1) is 7.13. The van der Waals surface area contributed by atoms with Gasteiger partial charge in [-0.1, -0.05) is 0 Å². The molecule has 0 bridgehead atoms. The van der Waals surface area contributed by atoms with Crippen molar-refractivity contribution in [2.45, 2.75) is 38.6 Å². The van der Waals surface area contributed by atoms with E-state index in [2.05, 4.69) is 9.64 Å². The van der Waals surface area contributed by atoms with Gasteiger partial charge in [-0.25, -0.2) is 0 Å². The fourth-order valence-corrected chi connectivity index (χ4v) is 2.00. The molecule has 0 radical (unpaired) electrons. The standard InChI is InChI=1S/C11H19NO3/c1-9(13)5-7-12-6-3-4-10(12)8-11(14)15-2/h10H,3-8H2,1-2H3. The molecule has 4 nitrogen and oxygen atoms in total. The second-order valence-electron chi connectivity index (χ2n) is 4.06. The summed E-state index contributed by atoms with van der Waals surface area (Å²) >= 11 is 0. The van der Waals surface area contributed by atoms with Crippen molar-refractivity contribution in [1.29, 1.82) is 0 Å². The van der Waals surface area contributed by atoms with Crippen LogP contribution in [-0.2, 0) is 14.3 Å². The van der Waals surface area contributed by atoms with Gasteiger partial charge in [-0.3, -0.25) is 14.5 Å². The summed E-state index contributed by atoms with van der Waals surface area (Å²) in [5.41, 5.74) is 0. The molecule has 0 amide bonds. The van der Waals surface area contributed by atoms with Crippen LogP contribution in [0, 0.1) is 0 Å². The van der Waals surface area contributed by atoms with Crippen molar-refractivity contribution in [1.82, 2.24) is 4.90 Å². The lowest BCUT2D eigenvalue weighted by Gasteiger charge is -2.22. The number of hydrogen-bond acceptors (Lipinski definition) is 4. The first-order valence-electron chi connectivity index (χ1n) is 5.43. The minimum absolute atomic E-state index is 0.158. The molecule has 0 spiro atoms. The molecule has 1 saturated heterocycles. The van der Waals surface area contributed by atoms with E-state index in [0.717, 1.165) is 25.9 Å². The van der Waals surface area contributed by atoms with Gasteiger partial charge in [-0.05, 0) is 26.3 Å². The number of ether oxygens (including phenoxy) is 1. The van der Waals surface area contributed by atoms with E-state index in [0.29, 0.717) is 12.8 Å². The summed E-state index contributed by atoms with van der Waals surface area (Å²) < 4.78 is 4.65. The van der Waals surface area contributed by atoms with Crippen LogP contribution in [0.4, 0.5) is 0 Å². The van der Waals surface area contributed by atoms with Gasteiger partial charge in [0.25, 0.3) is 0 Å². The maximum Gasteiger partial charge on any atom is 0.307 e. The Hall–Kier alpha value is -0.900. The Kier molecular flexibility index (Phi) is 4.75. The van der Waals surface area contributed by atoms with E-state index in [1.807, 2.05) is 0 Å². The highest BCUT2D eigenvalue weighted by Gasteiger charge is 2.26. The van der Waals surface area contributed by atoms with Crippen LogP contribution >= 0.6 is 0 Å². The average molecular weight is 213 g/mol. The molecular formula is C11H19NO3. The smallest absolute Gasteiger partial charge is 0.307 e. The number of rotatable bonds is 5. The van der Waals surface area contributed by atoms with Gasteiger partial charge in [0.05, 0.1) is 13.5 Å². The number of hydrogen-bond donors (Lipinski definition) is 0. The molecule has 1 fully saturated rings. The Morgan fingerprint density at radius 2 is 2.20 bits per heavy atom. The number of ketones is 1. The molecule has 0 aromatic rings. The van der Waals surface area contributed by atoms with Gasteiger partial charge in [0.2, 0.25) is 0 Å². The first-order valence-corrected chi connectivity index (χ1v) is 5.43. The summed E-state index contributed by atoms with van der Waals surface area (Å²) in [4.78, 5) is 24.2. The molecule has 0 aliphatic carbocycles. The van der Waals surface area contributed by atoms with E-state index in [-0.39, 0.29) is 17.8 Å². The predicted molar refractivity (Wildman–Crippen MR) is 56.5 cm³/mol. The molecule has 0 aromatic heterocycles. The Bertz CT molecular complexity index is 240. The van der Waals surface area contributed by atoms with Crippen LogP contribution in [0.5, 0.6) is 0 Å². The van der Waals surface area contributed by atoms with E-state index < -0.39 is 0 Å². The summed E-state index contributed by atoms with van der Waals surface area (Å²) in [6.45, 7) is 3.37. The van der Waals surface area contributed by atoms with Gasteiger partial charge in [-0.2, -0.15) is 0 Å². The minimum Gasteiger partial charge on any atom is -0.469 e. The van der Waals surface area contributed by atoms with Crippen LogP contribution in [0.15, 0.2) is 0 Å². The minimum atomic E-state index is -0.158. The molecule has 1 rings (SSSR count). The molecule has 1 unspecified atom stereocenters. The topological polar surface area (TPSA) is 46.6 Å². The van der Waals surface area contributed by atoms with Gasteiger partial charge in [-0.15, -0.1) is 0 Å². The molecule has 1 aliphatic heterocycles. The zero-order valence-corrected chi connectivity index (χ0v) is 9.49. The van der Waals surface area contributed by atoms with Crippen molar-refractivity contribution in [3.63, 3.8) is 0 Å². The monoisotopic (exact) mass is 213 g/mol. The predicted octanol–water partition coefficient (Wildman–Crippen LogP) is 0.993. The molecule has 86 valence electrons. The molecule has 0 aromatic carbocycles. The molecular weight excluding hydrogens is 194 g/mol. The Balaban J connectivity index is 2.35. The maximum absolute atomic E-state index is 11.1. The number of esters is 1. The van der Waals surface area contributed by atoms with Crippen molar-refractivity contribution in [3.8, 4) is 0 Å². The van der Waals surface area contributed by atoms with E-state index in [4.69, 9.17) is 0 Å². The van der Waals surface area contributed by atoms with Gasteiger partial charge in [0, 0.05) is 19.0 Å². The average Bonchev–Trinajstić information content (AvgIpc) is 2.62. The third-order valence-electron chi connectivity index (χ3n) is 2.88. The lowest BCUT2D eigenvalue weighted by molar-refractivity contribution is -0.141. The fourth-order valence-electron chi connectivity index (χ4n) is 2.00. The van der Waals surface area contributed by atoms with Gasteiger partial charge in [0.1, 0.15) is 5.78 Å². The van der Waals surface area contributed by atoms with E-state index in [1.165, 1.54) is 7.11 Å². The van der Waals surface area contributed by atoms with Gasteiger partial charge >= 0.3 is 5.97 Å². The van der Waals surface area contributed by atoms with Crippen LogP contribution in [-0.4, -0.2) is 42.9 Å². The van der Waals surface area contributed by atoms with Gasteiger partial charge < -0.3 is 4.74 Å². The third kappa shape index (κ3) is 4.00. The number of carbonyl (C=O) groups is 2. The summed E-state index contributed by atoms with van der Waals surface area (Å²) in [5, 5.41) is 0. The largest absolute Gasteiger partial charge is 0.469 e. The molecule has 1 heterocycles. The lowest BCUT2D eigenvalue weighted by Crippen LogP contribution is -2.33. The van der Waals surface area contributed by atoms with Crippen LogP contribution in [0.25, 0.3) is 0 Å². The molecule has 0 N–H and O–H groups in total. The summed E-state index contributed by atoms with van der Waals surface area (Å²) in [7, 11) is 1.41. The lowest BCUT2D eigenvalue weighted by atomic mass is 10.1. The summed E-state index contributed by atoms with van der Waals surface area (Å²) in [6.07, 6.45) is 3.18. The second-order valence-corrected chi connectivity index (χ2v) is 4.06. The first kappa shape index (κ1) is 12.2. The van der Waals surface area contributed by atoms with Crippen molar-refractivity contribution < 1.29 is 14.3 Å². The number of methoxy groups -OCH3 is 1. The van der Waals surface area contributed by atoms with E-state index in [9.17, 15) is 9.59 Å². The van der Waals surface area contributed by atoms with E-state index >= 15 is 0 Å². The summed E-state index contributed by atoms with van der Waals surface area (Å²) in [6, 6.07) is 0.275. The van der Waals surface area contributed by atoms with Crippen molar-refractivity contribution in [3.05, 3.63) is 0 Å². The fraction of sp³-hybridized carbons (Fsp3) is 0.818. The van der Waals surface area contributed by atoms with Crippen LogP contribution in [0.3, 0.4) is 0 Å². The number of carbonyl (C=O) groups excluding carboxylic acids is 2.